The van der Waals surface area contributed by atoms with Crippen molar-refractivity contribution < 1.29 is 9.53 Å². The minimum absolute atomic E-state index is 0.0134. The SMILES string of the molecule is COCC1(C(=O)NCc2c(C)nn(C)c2C)CCCN1. The summed E-state index contributed by atoms with van der Waals surface area (Å²) < 4.78 is 7.06. The highest BCUT2D eigenvalue weighted by atomic mass is 16.5. The van der Waals surface area contributed by atoms with Gasteiger partial charge >= 0.3 is 0 Å². The molecule has 1 aromatic heterocycles. The summed E-state index contributed by atoms with van der Waals surface area (Å²) in [6, 6.07) is 0. The summed E-state index contributed by atoms with van der Waals surface area (Å²) in [7, 11) is 3.54. The van der Waals surface area contributed by atoms with E-state index in [0.717, 1.165) is 36.3 Å². The van der Waals surface area contributed by atoms with Crippen molar-refractivity contribution in [1.82, 2.24) is 20.4 Å². The first-order valence-corrected chi connectivity index (χ1v) is 7.01. The maximum atomic E-state index is 12.5. The van der Waals surface area contributed by atoms with Crippen LogP contribution in [0.25, 0.3) is 0 Å². The smallest absolute Gasteiger partial charge is 0.242 e. The zero-order valence-electron chi connectivity index (χ0n) is 12.7. The maximum Gasteiger partial charge on any atom is 0.242 e. The maximum absolute atomic E-state index is 12.5. The minimum atomic E-state index is -0.571. The second kappa shape index (κ2) is 5.93. The number of nitrogens with zero attached hydrogens (tertiary/aromatic N) is 2. The highest BCUT2D eigenvalue weighted by Crippen LogP contribution is 2.20. The molecule has 1 atom stereocenters. The van der Waals surface area contributed by atoms with Crippen molar-refractivity contribution in [3.63, 3.8) is 0 Å². The Hall–Kier alpha value is -1.40. The predicted octanol–water partition coefficient (Wildman–Crippen LogP) is 0.422. The lowest BCUT2D eigenvalue weighted by molar-refractivity contribution is -0.129. The van der Waals surface area contributed by atoms with Gasteiger partial charge in [-0.2, -0.15) is 5.10 Å². The second-order valence-electron chi connectivity index (χ2n) is 5.50. The molecule has 0 radical (unpaired) electrons. The molecular formula is C14H24N4O2. The van der Waals surface area contributed by atoms with Crippen LogP contribution in [-0.2, 0) is 23.1 Å². The topological polar surface area (TPSA) is 68.2 Å². The number of hydrogen-bond donors (Lipinski definition) is 2. The fourth-order valence-corrected chi connectivity index (χ4v) is 2.85. The van der Waals surface area contributed by atoms with Crippen molar-refractivity contribution in [1.29, 1.82) is 0 Å². The number of carbonyl (C=O) groups excluding carboxylic acids is 1. The average Bonchev–Trinajstić information content (AvgIpc) is 2.96. The summed E-state index contributed by atoms with van der Waals surface area (Å²) >= 11 is 0. The lowest BCUT2D eigenvalue weighted by Crippen LogP contribution is -2.56. The van der Waals surface area contributed by atoms with E-state index in [-0.39, 0.29) is 5.91 Å². The Labute approximate surface area is 119 Å². The molecule has 1 fully saturated rings. The van der Waals surface area contributed by atoms with Gasteiger partial charge in [0, 0.05) is 32.0 Å². The fourth-order valence-electron chi connectivity index (χ4n) is 2.85. The van der Waals surface area contributed by atoms with Crippen LogP contribution in [-0.4, -0.2) is 41.5 Å². The van der Waals surface area contributed by atoms with Gasteiger partial charge in [-0.25, -0.2) is 0 Å². The summed E-state index contributed by atoms with van der Waals surface area (Å²) in [6.45, 7) is 5.76. The van der Waals surface area contributed by atoms with Crippen molar-refractivity contribution in [2.24, 2.45) is 7.05 Å². The molecular weight excluding hydrogens is 256 g/mol. The Bertz CT molecular complexity index is 490. The van der Waals surface area contributed by atoms with Gasteiger partial charge in [-0.1, -0.05) is 0 Å². The van der Waals surface area contributed by atoms with E-state index in [0.29, 0.717) is 13.2 Å². The largest absolute Gasteiger partial charge is 0.382 e. The van der Waals surface area contributed by atoms with Crippen molar-refractivity contribution in [2.75, 3.05) is 20.3 Å². The van der Waals surface area contributed by atoms with E-state index in [1.54, 1.807) is 7.11 Å². The first-order chi connectivity index (χ1) is 9.50. The van der Waals surface area contributed by atoms with Gasteiger partial charge in [0.2, 0.25) is 5.91 Å². The second-order valence-corrected chi connectivity index (χ2v) is 5.50. The van der Waals surface area contributed by atoms with Crippen LogP contribution in [0.5, 0.6) is 0 Å². The molecule has 0 bridgehead atoms. The number of hydrogen-bond acceptors (Lipinski definition) is 4. The molecule has 1 aromatic rings. The highest BCUT2D eigenvalue weighted by molar-refractivity contribution is 5.86. The van der Waals surface area contributed by atoms with E-state index in [1.165, 1.54) is 0 Å². The third-order valence-corrected chi connectivity index (χ3v) is 4.15. The normalized spacial score (nSPS) is 22.2. The summed E-state index contributed by atoms with van der Waals surface area (Å²) in [5, 5.41) is 10.7. The van der Waals surface area contributed by atoms with Gasteiger partial charge in [-0.3, -0.25) is 9.48 Å². The zero-order chi connectivity index (χ0) is 14.8. The van der Waals surface area contributed by atoms with E-state index < -0.39 is 5.54 Å². The first kappa shape index (κ1) is 15.0. The summed E-state index contributed by atoms with van der Waals surface area (Å²) in [4.78, 5) is 12.5. The van der Waals surface area contributed by atoms with Gasteiger partial charge < -0.3 is 15.4 Å². The molecule has 6 heteroatoms. The number of aryl methyl sites for hydroxylation is 2. The van der Waals surface area contributed by atoms with Crippen LogP contribution < -0.4 is 10.6 Å². The van der Waals surface area contributed by atoms with E-state index in [1.807, 2.05) is 25.6 Å². The van der Waals surface area contributed by atoms with Crippen LogP contribution >= 0.6 is 0 Å². The Morgan fingerprint density at radius 2 is 2.30 bits per heavy atom. The number of methoxy groups -OCH3 is 1. The predicted molar refractivity (Wildman–Crippen MR) is 76.4 cm³/mol. The van der Waals surface area contributed by atoms with Gasteiger partial charge in [-0.05, 0) is 33.2 Å². The Kier molecular flexibility index (Phi) is 4.45. The molecule has 20 heavy (non-hydrogen) atoms. The highest BCUT2D eigenvalue weighted by Gasteiger charge is 2.40. The molecule has 1 aliphatic rings. The molecule has 2 N–H and O–H groups in total. The molecule has 1 amide bonds. The molecule has 0 saturated carbocycles. The Balaban J connectivity index is 2.04. The third kappa shape index (κ3) is 2.71. The molecule has 2 rings (SSSR count). The van der Waals surface area contributed by atoms with Gasteiger partial charge in [-0.15, -0.1) is 0 Å². The molecule has 0 spiro atoms. The monoisotopic (exact) mass is 280 g/mol. The molecule has 1 unspecified atom stereocenters. The number of carbonyl (C=O) groups is 1. The van der Waals surface area contributed by atoms with Gasteiger partial charge in [0.25, 0.3) is 0 Å². The van der Waals surface area contributed by atoms with Gasteiger partial charge in [0.15, 0.2) is 0 Å². The zero-order valence-corrected chi connectivity index (χ0v) is 12.7. The average molecular weight is 280 g/mol. The molecule has 1 saturated heterocycles. The number of nitrogens with one attached hydrogen (secondary N) is 2. The van der Waals surface area contributed by atoms with Crippen LogP contribution in [0.1, 0.15) is 29.8 Å². The van der Waals surface area contributed by atoms with Crippen molar-refractivity contribution in [2.45, 2.75) is 38.8 Å². The van der Waals surface area contributed by atoms with Gasteiger partial charge in [0.05, 0.1) is 12.3 Å². The molecule has 6 nitrogen and oxygen atoms in total. The Morgan fingerprint density at radius 3 is 2.80 bits per heavy atom. The van der Waals surface area contributed by atoms with E-state index in [2.05, 4.69) is 15.7 Å². The van der Waals surface area contributed by atoms with E-state index >= 15 is 0 Å². The van der Waals surface area contributed by atoms with Crippen molar-refractivity contribution in [3.8, 4) is 0 Å². The quantitative estimate of drug-likeness (QED) is 0.820. The van der Waals surface area contributed by atoms with Crippen LogP contribution in [0.2, 0.25) is 0 Å². The number of amides is 1. The number of rotatable bonds is 5. The first-order valence-electron chi connectivity index (χ1n) is 7.01. The standard InChI is InChI=1S/C14H24N4O2/c1-10-12(11(2)18(3)17-10)8-15-13(19)14(9-20-4)6-5-7-16-14/h16H,5-9H2,1-4H3,(H,15,19). The molecule has 112 valence electrons. The number of ether oxygens (including phenoxy) is 1. The van der Waals surface area contributed by atoms with E-state index in [9.17, 15) is 4.79 Å². The summed E-state index contributed by atoms with van der Waals surface area (Å²) in [5.74, 6) is 0.0134. The number of aromatic nitrogens is 2. The van der Waals surface area contributed by atoms with Gasteiger partial charge in [0.1, 0.15) is 5.54 Å². The van der Waals surface area contributed by atoms with Crippen LogP contribution in [0.4, 0.5) is 0 Å². The Morgan fingerprint density at radius 1 is 1.55 bits per heavy atom. The van der Waals surface area contributed by atoms with Crippen LogP contribution in [0.15, 0.2) is 0 Å². The molecule has 0 aromatic carbocycles. The summed E-state index contributed by atoms with van der Waals surface area (Å²) in [5.41, 5.74) is 2.57. The molecule has 0 aliphatic carbocycles. The van der Waals surface area contributed by atoms with Crippen molar-refractivity contribution in [3.05, 3.63) is 17.0 Å². The minimum Gasteiger partial charge on any atom is -0.382 e. The molecule has 1 aliphatic heterocycles. The lowest BCUT2D eigenvalue weighted by atomic mass is 9.97. The lowest BCUT2D eigenvalue weighted by Gasteiger charge is -2.27. The fraction of sp³-hybridized carbons (Fsp3) is 0.714. The van der Waals surface area contributed by atoms with Crippen LogP contribution in [0.3, 0.4) is 0 Å². The third-order valence-electron chi connectivity index (χ3n) is 4.15. The van der Waals surface area contributed by atoms with E-state index in [4.69, 9.17) is 4.74 Å². The van der Waals surface area contributed by atoms with Crippen molar-refractivity contribution >= 4 is 5.91 Å². The van der Waals surface area contributed by atoms with Crippen LogP contribution in [0, 0.1) is 13.8 Å². The summed E-state index contributed by atoms with van der Waals surface area (Å²) in [6.07, 6.45) is 1.82. The molecule has 2 heterocycles.